The van der Waals surface area contributed by atoms with E-state index in [4.69, 9.17) is 21.1 Å². The smallest absolute Gasteiger partial charge is 0.408 e. The van der Waals surface area contributed by atoms with Gasteiger partial charge >= 0.3 is 12.1 Å². The summed E-state index contributed by atoms with van der Waals surface area (Å²) >= 11 is 6.25. The predicted octanol–water partition coefficient (Wildman–Crippen LogP) is 5.62. The molecule has 210 valence electrons. The number of rotatable bonds is 10. The van der Waals surface area contributed by atoms with Crippen molar-refractivity contribution in [3.05, 3.63) is 124 Å². The first-order valence-corrected chi connectivity index (χ1v) is 13.1. The average Bonchev–Trinajstić information content (AvgIpc) is 2.98. The maximum Gasteiger partial charge on any atom is 0.408 e. The number of amides is 2. The molecule has 1 atom stereocenters. The Hall–Kier alpha value is -4.76. The number of aryl methyl sites for hydroxylation is 1. The zero-order valence-electron chi connectivity index (χ0n) is 22.1. The molecule has 41 heavy (non-hydrogen) atoms. The summed E-state index contributed by atoms with van der Waals surface area (Å²) in [4.78, 5) is 42.8. The molecule has 0 unspecified atom stereocenters. The van der Waals surface area contributed by atoms with Gasteiger partial charge < -0.3 is 20.1 Å². The van der Waals surface area contributed by atoms with Gasteiger partial charge in [-0.15, -0.1) is 0 Å². The molecule has 4 rings (SSSR count). The fourth-order valence-electron chi connectivity index (χ4n) is 3.83. The highest BCUT2D eigenvalue weighted by Crippen LogP contribution is 2.27. The summed E-state index contributed by atoms with van der Waals surface area (Å²) < 4.78 is 25.1. The number of benzene rings is 3. The van der Waals surface area contributed by atoms with Gasteiger partial charge in [0.1, 0.15) is 25.1 Å². The van der Waals surface area contributed by atoms with E-state index in [1.807, 2.05) is 12.1 Å². The lowest BCUT2D eigenvalue weighted by Crippen LogP contribution is -2.49. The van der Waals surface area contributed by atoms with E-state index >= 15 is 0 Å². The molecule has 1 aromatic heterocycles. The number of nitrogens with zero attached hydrogens (tertiary/aromatic N) is 1. The molecule has 1 heterocycles. The van der Waals surface area contributed by atoms with Crippen LogP contribution in [-0.2, 0) is 27.5 Å². The van der Waals surface area contributed by atoms with Crippen molar-refractivity contribution in [2.24, 2.45) is 0 Å². The molecule has 10 heteroatoms. The molecule has 0 saturated heterocycles. The molecule has 2 amide bonds. The fraction of sp³-hybridized carbons (Fsp3) is 0.161. The van der Waals surface area contributed by atoms with Crippen LogP contribution in [0.4, 0.5) is 9.18 Å². The fourth-order valence-corrected chi connectivity index (χ4v) is 4.04. The van der Waals surface area contributed by atoms with Gasteiger partial charge in [0.25, 0.3) is 5.91 Å². The number of nitrogens with one attached hydrogen (secondary N) is 2. The van der Waals surface area contributed by atoms with Crippen LogP contribution in [0.25, 0.3) is 11.3 Å². The maximum atomic E-state index is 14.5. The van der Waals surface area contributed by atoms with Crippen LogP contribution in [0.1, 0.15) is 27.2 Å². The molecule has 0 radical (unpaired) electrons. The molecule has 0 bridgehead atoms. The molecule has 3 aromatic carbocycles. The van der Waals surface area contributed by atoms with Crippen molar-refractivity contribution in [3.63, 3.8) is 0 Å². The quantitative estimate of drug-likeness (QED) is 0.238. The van der Waals surface area contributed by atoms with Crippen molar-refractivity contribution in [1.82, 2.24) is 15.6 Å². The van der Waals surface area contributed by atoms with Crippen LogP contribution in [0.2, 0.25) is 5.02 Å². The van der Waals surface area contributed by atoms with Crippen molar-refractivity contribution < 1.29 is 28.2 Å². The van der Waals surface area contributed by atoms with Gasteiger partial charge in [-0.1, -0.05) is 72.3 Å². The third-order valence-electron chi connectivity index (χ3n) is 5.90. The van der Waals surface area contributed by atoms with Crippen molar-refractivity contribution in [1.29, 1.82) is 0 Å². The van der Waals surface area contributed by atoms with E-state index in [0.29, 0.717) is 22.0 Å². The standard InChI is InChI=1S/C31H27ClFN3O5/c1-20-12-13-26(32)28(35-20)23-14-24(16-25(33)15-23)29(37)34-17-27(30(38)40-18-21-8-4-2-5-9-21)36-31(39)41-19-22-10-6-3-7-11-22/h2-16,27H,17-19H2,1H3,(H,34,37)(H,36,39)/t27-/m1/s1. The first-order valence-electron chi connectivity index (χ1n) is 12.7. The Kier molecular flexibility index (Phi) is 10.0. The molecule has 2 N–H and O–H groups in total. The largest absolute Gasteiger partial charge is 0.459 e. The van der Waals surface area contributed by atoms with E-state index in [-0.39, 0.29) is 25.3 Å². The van der Waals surface area contributed by atoms with Crippen LogP contribution in [0.5, 0.6) is 0 Å². The molecule has 0 aliphatic rings. The summed E-state index contributed by atoms with van der Waals surface area (Å²) in [6, 6.07) is 23.8. The van der Waals surface area contributed by atoms with Crippen LogP contribution in [0.3, 0.4) is 0 Å². The molecular weight excluding hydrogens is 549 g/mol. The SMILES string of the molecule is Cc1ccc(Cl)c(-c2cc(F)cc(C(=O)NC[C@@H](NC(=O)OCc3ccccc3)C(=O)OCc3ccccc3)c2)n1. The van der Waals surface area contributed by atoms with E-state index in [0.717, 1.165) is 17.2 Å². The highest BCUT2D eigenvalue weighted by atomic mass is 35.5. The highest BCUT2D eigenvalue weighted by molar-refractivity contribution is 6.33. The van der Waals surface area contributed by atoms with Gasteiger partial charge in [-0.25, -0.2) is 14.0 Å². The number of carbonyl (C=O) groups excluding carboxylic acids is 3. The van der Waals surface area contributed by atoms with E-state index in [1.54, 1.807) is 67.6 Å². The van der Waals surface area contributed by atoms with Crippen molar-refractivity contribution >= 4 is 29.6 Å². The molecule has 0 fully saturated rings. The zero-order valence-corrected chi connectivity index (χ0v) is 22.9. The first kappa shape index (κ1) is 29.2. The summed E-state index contributed by atoms with van der Waals surface area (Å²) in [5.41, 5.74) is 2.77. The number of ether oxygens (including phenoxy) is 2. The minimum absolute atomic E-state index is 0.0214. The number of pyridine rings is 1. The number of esters is 1. The van der Waals surface area contributed by atoms with Gasteiger partial charge in [0.2, 0.25) is 0 Å². The molecule has 4 aromatic rings. The average molecular weight is 576 g/mol. The van der Waals surface area contributed by atoms with E-state index in [9.17, 15) is 18.8 Å². The summed E-state index contributed by atoms with van der Waals surface area (Å²) in [7, 11) is 0. The van der Waals surface area contributed by atoms with Gasteiger partial charge in [0.15, 0.2) is 0 Å². The molecule has 8 nitrogen and oxygen atoms in total. The summed E-state index contributed by atoms with van der Waals surface area (Å²) in [6.07, 6.45) is -0.877. The van der Waals surface area contributed by atoms with Crippen LogP contribution < -0.4 is 10.6 Å². The number of carbonyl (C=O) groups is 3. The highest BCUT2D eigenvalue weighted by Gasteiger charge is 2.25. The molecule has 0 aliphatic heterocycles. The Morgan fingerprint density at radius 1 is 0.878 bits per heavy atom. The second-order valence-electron chi connectivity index (χ2n) is 9.07. The van der Waals surface area contributed by atoms with Gasteiger partial charge in [-0.3, -0.25) is 9.78 Å². The normalized spacial score (nSPS) is 11.3. The zero-order chi connectivity index (χ0) is 29.2. The van der Waals surface area contributed by atoms with Gasteiger partial charge in [0, 0.05) is 23.4 Å². The Labute approximate surface area is 241 Å². The summed E-state index contributed by atoms with van der Waals surface area (Å²) in [6.45, 7) is 1.36. The summed E-state index contributed by atoms with van der Waals surface area (Å²) in [5, 5.41) is 5.30. The monoisotopic (exact) mass is 575 g/mol. The number of aromatic nitrogens is 1. The maximum absolute atomic E-state index is 14.5. The lowest BCUT2D eigenvalue weighted by Gasteiger charge is -2.18. The first-order chi connectivity index (χ1) is 19.8. The Morgan fingerprint density at radius 3 is 2.17 bits per heavy atom. The lowest BCUT2D eigenvalue weighted by atomic mass is 10.1. The Morgan fingerprint density at radius 2 is 1.51 bits per heavy atom. The van der Waals surface area contributed by atoms with Crippen molar-refractivity contribution in [3.8, 4) is 11.3 Å². The minimum atomic E-state index is -1.29. The van der Waals surface area contributed by atoms with Gasteiger partial charge in [-0.2, -0.15) is 0 Å². The molecule has 0 spiro atoms. The topological polar surface area (TPSA) is 107 Å². The minimum Gasteiger partial charge on any atom is -0.459 e. The third-order valence-corrected chi connectivity index (χ3v) is 6.20. The molecule has 0 aliphatic carbocycles. The predicted molar refractivity (Wildman–Crippen MR) is 151 cm³/mol. The van der Waals surface area contributed by atoms with Gasteiger partial charge in [-0.05, 0) is 48.4 Å². The number of hydrogen-bond acceptors (Lipinski definition) is 6. The number of alkyl carbamates (subject to hydrolysis) is 1. The Balaban J connectivity index is 1.45. The van der Waals surface area contributed by atoms with E-state index < -0.39 is 29.8 Å². The van der Waals surface area contributed by atoms with Gasteiger partial charge in [0.05, 0.1) is 10.7 Å². The number of hydrogen-bond donors (Lipinski definition) is 2. The van der Waals surface area contributed by atoms with Crippen LogP contribution in [0.15, 0.2) is 91.0 Å². The van der Waals surface area contributed by atoms with Crippen LogP contribution in [-0.4, -0.2) is 35.5 Å². The second-order valence-corrected chi connectivity index (χ2v) is 9.48. The van der Waals surface area contributed by atoms with Crippen molar-refractivity contribution in [2.45, 2.75) is 26.2 Å². The number of halogens is 2. The van der Waals surface area contributed by atoms with Crippen LogP contribution >= 0.6 is 11.6 Å². The third kappa shape index (κ3) is 8.61. The molecule has 0 saturated carbocycles. The van der Waals surface area contributed by atoms with E-state index in [2.05, 4.69) is 15.6 Å². The second kappa shape index (κ2) is 14.0. The van der Waals surface area contributed by atoms with Crippen molar-refractivity contribution in [2.75, 3.05) is 6.54 Å². The Bertz CT molecular complexity index is 1520. The van der Waals surface area contributed by atoms with Crippen LogP contribution in [0, 0.1) is 12.7 Å². The molecular formula is C31H27ClFN3O5. The van der Waals surface area contributed by atoms with E-state index in [1.165, 1.54) is 12.1 Å². The summed E-state index contributed by atoms with van der Waals surface area (Å²) in [5.74, 6) is -2.15. The lowest BCUT2D eigenvalue weighted by molar-refractivity contribution is -0.147.